The van der Waals surface area contributed by atoms with Crippen LogP contribution in [0.2, 0.25) is 5.02 Å². The van der Waals surface area contributed by atoms with Crippen molar-refractivity contribution < 1.29 is 23.0 Å². The van der Waals surface area contributed by atoms with Crippen LogP contribution in [-0.2, 0) is 11.3 Å². The van der Waals surface area contributed by atoms with Crippen LogP contribution >= 0.6 is 11.6 Å². The minimum Gasteiger partial charge on any atom is -0.339 e. The summed E-state index contributed by atoms with van der Waals surface area (Å²) in [5.41, 5.74) is 1.36. The molecule has 8 nitrogen and oxygen atoms in total. The molecule has 0 atom stereocenters. The maximum absolute atomic E-state index is 15.1. The second-order valence-corrected chi connectivity index (χ2v) is 10.1. The van der Waals surface area contributed by atoms with Gasteiger partial charge in [-0.1, -0.05) is 57.6 Å². The van der Waals surface area contributed by atoms with Crippen LogP contribution in [0, 0.1) is 12.7 Å². The predicted octanol–water partition coefficient (Wildman–Crippen LogP) is 5.96. The molecule has 6 rings (SSSR count). The van der Waals surface area contributed by atoms with Crippen LogP contribution in [0.4, 0.5) is 8.87 Å². The Morgan fingerprint density at radius 1 is 1.10 bits per heavy atom. The number of carbonyl (C=O) groups is 2. The molecule has 1 aliphatic rings. The molecule has 40 heavy (non-hydrogen) atoms. The molecular formula is C29H22ClF2N5O3. The smallest absolute Gasteiger partial charge is 0.276 e. The molecule has 2 aromatic heterocycles. The first-order valence-electron chi connectivity index (χ1n) is 12.5. The zero-order valence-electron chi connectivity index (χ0n) is 21.2. The molecule has 0 aliphatic heterocycles. The summed E-state index contributed by atoms with van der Waals surface area (Å²) in [6.45, 7) is 1.37. The molecule has 11 heteroatoms. The van der Waals surface area contributed by atoms with Crippen molar-refractivity contribution >= 4 is 34.3 Å². The van der Waals surface area contributed by atoms with Gasteiger partial charge in [-0.25, -0.2) is 4.39 Å². The first-order valence-corrected chi connectivity index (χ1v) is 12.9. The van der Waals surface area contributed by atoms with E-state index >= 15 is 4.48 Å². The van der Waals surface area contributed by atoms with Crippen molar-refractivity contribution in [3.8, 4) is 17.2 Å². The van der Waals surface area contributed by atoms with E-state index in [0.717, 1.165) is 22.7 Å². The summed E-state index contributed by atoms with van der Waals surface area (Å²) in [6, 6.07) is 19.7. The summed E-state index contributed by atoms with van der Waals surface area (Å²) < 4.78 is 35.6. The van der Waals surface area contributed by atoms with Gasteiger partial charge in [0.05, 0.1) is 17.1 Å². The Kier molecular flexibility index (Phi) is 6.34. The fourth-order valence-corrected chi connectivity index (χ4v) is 5.04. The number of hydrogen-bond donors (Lipinski definition) is 1. The number of amides is 2. The van der Waals surface area contributed by atoms with Gasteiger partial charge in [0, 0.05) is 23.6 Å². The SMILES string of the molecule is Cc1nc(-c2c(Cl)c3ccccc3n2-c2ccc(CN(F)C(=O)C3(NC(=O)c4cccc(F)c4)CC3)cc2)no1. The zero-order valence-corrected chi connectivity index (χ0v) is 22.0. The number of hydrogen-bond acceptors (Lipinski definition) is 5. The molecule has 202 valence electrons. The number of nitrogens with one attached hydrogen (secondary N) is 1. The minimum atomic E-state index is -1.34. The lowest BCUT2D eigenvalue weighted by atomic mass is 10.1. The van der Waals surface area contributed by atoms with Crippen LogP contribution in [-0.4, -0.2) is 37.2 Å². The van der Waals surface area contributed by atoms with Crippen LogP contribution in [0.1, 0.15) is 34.7 Å². The summed E-state index contributed by atoms with van der Waals surface area (Å²) in [5.74, 6) is -1.33. The van der Waals surface area contributed by atoms with Crippen LogP contribution in [0.5, 0.6) is 0 Å². The topological polar surface area (TPSA) is 93.3 Å². The Labute approximate surface area is 232 Å². The number of benzene rings is 3. The second-order valence-electron chi connectivity index (χ2n) is 9.69. The highest BCUT2D eigenvalue weighted by molar-refractivity contribution is 6.38. The highest BCUT2D eigenvalue weighted by atomic mass is 35.5. The number of aromatic nitrogens is 3. The van der Waals surface area contributed by atoms with Gasteiger partial charge >= 0.3 is 0 Å². The molecule has 0 unspecified atom stereocenters. The first-order chi connectivity index (χ1) is 19.3. The van der Waals surface area contributed by atoms with Crippen LogP contribution in [0.3, 0.4) is 0 Å². The van der Waals surface area contributed by atoms with Gasteiger partial charge in [0.2, 0.25) is 11.7 Å². The minimum absolute atomic E-state index is 0.0630. The largest absolute Gasteiger partial charge is 0.339 e. The summed E-state index contributed by atoms with van der Waals surface area (Å²) >= 11 is 6.74. The maximum Gasteiger partial charge on any atom is 0.276 e. The molecular weight excluding hydrogens is 540 g/mol. The van der Waals surface area contributed by atoms with E-state index in [9.17, 15) is 14.0 Å². The van der Waals surface area contributed by atoms with E-state index in [1.54, 1.807) is 31.2 Å². The fourth-order valence-electron chi connectivity index (χ4n) is 4.71. The number of carbonyl (C=O) groups excluding carboxylic acids is 2. The van der Waals surface area contributed by atoms with Crippen LogP contribution in [0.15, 0.2) is 77.3 Å². The Bertz CT molecular complexity index is 1760. The molecule has 2 heterocycles. The Morgan fingerprint density at radius 2 is 1.85 bits per heavy atom. The molecule has 0 saturated heterocycles. The molecule has 1 fully saturated rings. The maximum atomic E-state index is 15.1. The number of para-hydroxylation sites is 1. The van der Waals surface area contributed by atoms with Crippen molar-refractivity contribution in [2.24, 2.45) is 0 Å². The number of aryl methyl sites for hydroxylation is 1. The quantitative estimate of drug-likeness (QED) is 0.248. The van der Waals surface area contributed by atoms with Crippen molar-refractivity contribution in [1.29, 1.82) is 0 Å². The van der Waals surface area contributed by atoms with Crippen LogP contribution in [0.25, 0.3) is 28.1 Å². The summed E-state index contributed by atoms with van der Waals surface area (Å²) in [4.78, 5) is 29.8. The lowest BCUT2D eigenvalue weighted by Gasteiger charge is -2.21. The lowest BCUT2D eigenvalue weighted by molar-refractivity contribution is -0.151. The standard InChI is InChI=1S/C29H22ClF2N5O3/c1-17-33-26(35-40-17)25-24(30)22-7-2-3-8-23(22)37(25)21-11-9-18(10-12-21)16-36(32)28(39)29(13-14-29)34-27(38)19-5-4-6-20(31)15-19/h2-12,15H,13-14,16H2,1H3,(H,34,38). The average Bonchev–Trinajstić information content (AvgIpc) is 3.51. The van der Waals surface area contributed by atoms with Gasteiger partial charge in [-0.15, -0.1) is 0 Å². The van der Waals surface area contributed by atoms with E-state index < -0.39 is 23.2 Å². The number of fused-ring (bicyclic) bond motifs is 1. The van der Waals surface area contributed by atoms with Gasteiger partial charge in [0.15, 0.2) is 0 Å². The predicted molar refractivity (Wildman–Crippen MR) is 144 cm³/mol. The van der Waals surface area contributed by atoms with Gasteiger partial charge < -0.3 is 14.4 Å². The third kappa shape index (κ3) is 4.60. The molecule has 0 bridgehead atoms. The third-order valence-electron chi connectivity index (χ3n) is 6.89. The summed E-state index contributed by atoms with van der Waals surface area (Å²) in [7, 11) is 0. The molecule has 1 N–H and O–H groups in total. The molecule has 5 aromatic rings. The van der Waals surface area contributed by atoms with Crippen molar-refractivity contribution in [3.05, 3.63) is 101 Å². The summed E-state index contributed by atoms with van der Waals surface area (Å²) in [5, 5.41) is 8.00. The highest BCUT2D eigenvalue weighted by Gasteiger charge is 2.53. The van der Waals surface area contributed by atoms with E-state index in [1.165, 1.54) is 18.2 Å². The van der Waals surface area contributed by atoms with E-state index in [-0.39, 0.29) is 17.2 Å². The number of halogens is 3. The Morgan fingerprint density at radius 3 is 2.52 bits per heavy atom. The monoisotopic (exact) mass is 561 g/mol. The van der Waals surface area contributed by atoms with E-state index in [2.05, 4.69) is 15.5 Å². The van der Waals surface area contributed by atoms with Crippen molar-refractivity contribution in [2.45, 2.75) is 31.8 Å². The fraction of sp³-hybridized carbons (Fsp3) is 0.172. The van der Waals surface area contributed by atoms with Crippen molar-refractivity contribution in [3.63, 3.8) is 0 Å². The summed E-state index contributed by atoms with van der Waals surface area (Å²) in [6.07, 6.45) is 0.595. The number of rotatable bonds is 7. The molecule has 0 radical (unpaired) electrons. The molecule has 0 spiro atoms. The van der Waals surface area contributed by atoms with Crippen molar-refractivity contribution in [2.75, 3.05) is 0 Å². The van der Waals surface area contributed by atoms with Crippen LogP contribution < -0.4 is 5.32 Å². The van der Waals surface area contributed by atoms with E-state index in [4.69, 9.17) is 16.1 Å². The van der Waals surface area contributed by atoms with Crippen molar-refractivity contribution in [1.82, 2.24) is 25.1 Å². The molecule has 1 aliphatic carbocycles. The third-order valence-corrected chi connectivity index (χ3v) is 7.27. The van der Waals surface area contributed by atoms with Gasteiger partial charge in [0.25, 0.3) is 11.8 Å². The van der Waals surface area contributed by atoms with Gasteiger partial charge in [-0.3, -0.25) is 9.59 Å². The Balaban J connectivity index is 1.22. The van der Waals surface area contributed by atoms with E-state index in [0.29, 0.717) is 40.8 Å². The number of nitrogens with zero attached hydrogens (tertiary/aromatic N) is 4. The molecule has 1 saturated carbocycles. The first kappa shape index (κ1) is 25.7. The van der Waals surface area contributed by atoms with E-state index in [1.807, 2.05) is 28.8 Å². The average molecular weight is 562 g/mol. The molecule has 2 amide bonds. The normalized spacial score (nSPS) is 13.8. The molecule has 3 aromatic carbocycles. The zero-order chi connectivity index (χ0) is 28.0. The lowest BCUT2D eigenvalue weighted by Crippen LogP contribution is -2.48. The second kappa shape index (κ2) is 9.87. The van der Waals surface area contributed by atoms with Gasteiger partial charge in [-0.2, -0.15) is 10.1 Å². The van der Waals surface area contributed by atoms with Gasteiger partial charge in [-0.05, 0) is 54.8 Å². The van der Waals surface area contributed by atoms with Gasteiger partial charge in [0.1, 0.15) is 17.1 Å². The Hall–Kier alpha value is -4.57. The highest BCUT2D eigenvalue weighted by Crippen LogP contribution is 2.40.